The van der Waals surface area contributed by atoms with Crippen molar-refractivity contribution in [3.8, 4) is 0 Å². The molecule has 2 rings (SSSR count). The van der Waals surface area contributed by atoms with Crippen molar-refractivity contribution in [3.63, 3.8) is 0 Å². The highest BCUT2D eigenvalue weighted by molar-refractivity contribution is 5.99. The molecule has 0 amide bonds. The number of ether oxygens (including phenoxy) is 2. The molecule has 162 valence electrons. The summed E-state index contributed by atoms with van der Waals surface area (Å²) >= 11 is 0. The van der Waals surface area contributed by atoms with Crippen LogP contribution in [0.2, 0.25) is 0 Å². The van der Waals surface area contributed by atoms with Crippen molar-refractivity contribution in [1.82, 2.24) is 15.4 Å². The van der Waals surface area contributed by atoms with Crippen LogP contribution in [0.15, 0.2) is 6.07 Å². The van der Waals surface area contributed by atoms with Gasteiger partial charge in [-0.05, 0) is 32.8 Å². The Hall–Kier alpha value is -2.19. The van der Waals surface area contributed by atoms with Gasteiger partial charge in [-0.25, -0.2) is 19.6 Å². The molecule has 29 heavy (non-hydrogen) atoms. The number of nitrogens with one attached hydrogen (secondary N) is 2. The summed E-state index contributed by atoms with van der Waals surface area (Å²) < 4.78 is 9.92. The molecule has 0 aromatic carbocycles. The van der Waals surface area contributed by atoms with Gasteiger partial charge in [-0.2, -0.15) is 0 Å². The number of esters is 2. The van der Waals surface area contributed by atoms with E-state index in [4.69, 9.17) is 9.47 Å². The summed E-state index contributed by atoms with van der Waals surface area (Å²) in [6.07, 6.45) is 6.33. The zero-order valence-corrected chi connectivity index (χ0v) is 18.0. The number of hydrazine groups is 1. The maximum absolute atomic E-state index is 12.4. The average Bonchev–Trinajstić information content (AvgIpc) is 2.73. The number of methoxy groups -OCH3 is 1. The normalized spacial score (nSPS) is 14.7. The third-order valence-corrected chi connectivity index (χ3v) is 5.14. The van der Waals surface area contributed by atoms with Crippen LogP contribution in [0.4, 0.5) is 5.82 Å². The first-order chi connectivity index (χ1) is 14.0. The van der Waals surface area contributed by atoms with E-state index in [1.165, 1.54) is 45.3 Å². The van der Waals surface area contributed by atoms with Crippen molar-refractivity contribution in [2.75, 3.05) is 38.7 Å². The molecule has 1 aliphatic carbocycles. The number of aryl methyl sites for hydroxylation is 1. The summed E-state index contributed by atoms with van der Waals surface area (Å²) in [4.78, 5) is 28.8. The third-order valence-electron chi connectivity index (χ3n) is 5.14. The van der Waals surface area contributed by atoms with Gasteiger partial charge in [0.15, 0.2) is 0 Å². The first kappa shape index (κ1) is 23.1. The lowest BCUT2D eigenvalue weighted by Crippen LogP contribution is -2.47. The van der Waals surface area contributed by atoms with Crippen LogP contribution in [0, 0.1) is 6.92 Å². The number of anilines is 1. The highest BCUT2D eigenvalue weighted by Gasteiger charge is 2.21. The van der Waals surface area contributed by atoms with Gasteiger partial charge in [0.25, 0.3) is 0 Å². The number of likely N-dealkylation sites (N-methyl/N-ethyl adjacent to an activating group) is 1. The number of nitrogens with zero attached hydrogens (tertiary/aromatic N) is 2. The highest BCUT2D eigenvalue weighted by atomic mass is 16.5. The van der Waals surface area contributed by atoms with Crippen LogP contribution in [-0.4, -0.2) is 61.3 Å². The van der Waals surface area contributed by atoms with E-state index in [1.54, 1.807) is 13.8 Å². The smallest absolute Gasteiger partial charge is 0.341 e. The van der Waals surface area contributed by atoms with E-state index in [-0.39, 0.29) is 17.7 Å². The molecule has 1 heterocycles. The lowest BCUT2D eigenvalue weighted by molar-refractivity contribution is 0.0527. The quantitative estimate of drug-likeness (QED) is 0.453. The first-order valence-corrected chi connectivity index (χ1v) is 10.5. The van der Waals surface area contributed by atoms with Crippen LogP contribution >= 0.6 is 0 Å². The molecule has 1 aromatic heterocycles. The molecule has 0 radical (unpaired) electrons. The number of carbonyl (C=O) groups is 2. The van der Waals surface area contributed by atoms with E-state index in [1.807, 2.05) is 0 Å². The van der Waals surface area contributed by atoms with Crippen LogP contribution < -0.4 is 10.7 Å². The summed E-state index contributed by atoms with van der Waals surface area (Å²) in [7, 11) is 1.30. The molecule has 0 unspecified atom stereocenters. The minimum atomic E-state index is -0.527. The number of hydrogen-bond acceptors (Lipinski definition) is 8. The lowest BCUT2D eigenvalue weighted by Gasteiger charge is -2.30. The van der Waals surface area contributed by atoms with E-state index in [0.717, 1.165) is 13.1 Å². The molecule has 0 spiro atoms. The summed E-state index contributed by atoms with van der Waals surface area (Å²) in [5.74, 6) is -0.622. The largest absolute Gasteiger partial charge is 0.465 e. The van der Waals surface area contributed by atoms with Crippen LogP contribution in [0.3, 0.4) is 0 Å². The van der Waals surface area contributed by atoms with E-state index in [2.05, 4.69) is 27.7 Å². The Balaban J connectivity index is 2.06. The Labute approximate surface area is 173 Å². The fourth-order valence-corrected chi connectivity index (χ4v) is 3.53. The van der Waals surface area contributed by atoms with Gasteiger partial charge in [-0.1, -0.05) is 26.2 Å². The summed E-state index contributed by atoms with van der Waals surface area (Å²) in [6, 6.07) is 2.03. The molecule has 1 fully saturated rings. The molecule has 0 aliphatic heterocycles. The van der Waals surface area contributed by atoms with Crippen LogP contribution in [0.1, 0.15) is 72.4 Å². The maximum Gasteiger partial charge on any atom is 0.341 e. The Morgan fingerprint density at radius 1 is 1.17 bits per heavy atom. The molecule has 1 aromatic rings. The summed E-state index contributed by atoms with van der Waals surface area (Å²) in [5, 5.41) is 5.43. The van der Waals surface area contributed by atoms with Gasteiger partial charge >= 0.3 is 11.9 Å². The summed E-state index contributed by atoms with van der Waals surface area (Å²) in [6.45, 7) is 8.07. The lowest BCUT2D eigenvalue weighted by atomic mass is 9.96. The number of carbonyl (C=O) groups excluding carboxylic acids is 2. The number of hydrogen-bond donors (Lipinski definition) is 2. The minimum absolute atomic E-state index is 0.237. The van der Waals surface area contributed by atoms with E-state index < -0.39 is 11.9 Å². The SMILES string of the molecule is CCOC(=O)c1cc(C(=O)OC)c(C)nc1NCCN(CC)NC1CCCCC1. The summed E-state index contributed by atoms with van der Waals surface area (Å²) in [5.41, 5.74) is 4.61. The van der Waals surface area contributed by atoms with Crippen molar-refractivity contribution < 1.29 is 19.1 Å². The predicted octanol–water partition coefficient (Wildman–Crippen LogP) is 2.92. The van der Waals surface area contributed by atoms with E-state index in [0.29, 0.717) is 24.1 Å². The number of aromatic nitrogens is 1. The standard InChI is InChI=1S/C21H34N4O4/c1-5-25(24-16-10-8-7-9-11-16)13-12-22-19-18(21(27)29-6-2)14-17(15(3)23-19)20(26)28-4/h14,16,24H,5-13H2,1-4H3,(H,22,23). The Kier molecular flexibility index (Phi) is 9.34. The van der Waals surface area contributed by atoms with Crippen molar-refractivity contribution in [2.45, 2.75) is 58.9 Å². The van der Waals surface area contributed by atoms with Crippen LogP contribution in [-0.2, 0) is 9.47 Å². The van der Waals surface area contributed by atoms with Gasteiger partial charge < -0.3 is 14.8 Å². The molecule has 8 nitrogen and oxygen atoms in total. The van der Waals surface area contributed by atoms with Crippen molar-refractivity contribution in [1.29, 1.82) is 0 Å². The average molecular weight is 407 g/mol. The number of rotatable bonds is 10. The third kappa shape index (κ3) is 6.68. The Morgan fingerprint density at radius 3 is 2.52 bits per heavy atom. The fourth-order valence-electron chi connectivity index (χ4n) is 3.53. The molecule has 0 bridgehead atoms. The fraction of sp³-hybridized carbons (Fsp3) is 0.667. The highest BCUT2D eigenvalue weighted by Crippen LogP contribution is 2.20. The van der Waals surface area contributed by atoms with Gasteiger partial charge in [0, 0.05) is 25.7 Å². The predicted molar refractivity (Wildman–Crippen MR) is 112 cm³/mol. The zero-order valence-electron chi connectivity index (χ0n) is 18.0. The van der Waals surface area contributed by atoms with E-state index in [9.17, 15) is 9.59 Å². The van der Waals surface area contributed by atoms with Gasteiger partial charge in [0.1, 0.15) is 11.4 Å². The molecule has 2 N–H and O–H groups in total. The van der Waals surface area contributed by atoms with Gasteiger partial charge in [0.05, 0.1) is 25.0 Å². The zero-order chi connectivity index (χ0) is 21.2. The van der Waals surface area contributed by atoms with Crippen molar-refractivity contribution >= 4 is 17.8 Å². The second kappa shape index (κ2) is 11.7. The van der Waals surface area contributed by atoms with Crippen molar-refractivity contribution in [3.05, 3.63) is 22.9 Å². The van der Waals surface area contributed by atoms with Crippen LogP contribution in [0.25, 0.3) is 0 Å². The first-order valence-electron chi connectivity index (χ1n) is 10.5. The minimum Gasteiger partial charge on any atom is -0.465 e. The molecular weight excluding hydrogens is 372 g/mol. The second-order valence-corrected chi connectivity index (χ2v) is 7.20. The molecule has 0 atom stereocenters. The molecule has 1 saturated carbocycles. The maximum atomic E-state index is 12.4. The van der Waals surface area contributed by atoms with Crippen LogP contribution in [0.5, 0.6) is 0 Å². The topological polar surface area (TPSA) is 92.8 Å². The molecule has 1 aliphatic rings. The van der Waals surface area contributed by atoms with Crippen molar-refractivity contribution in [2.24, 2.45) is 0 Å². The second-order valence-electron chi connectivity index (χ2n) is 7.20. The Morgan fingerprint density at radius 2 is 1.90 bits per heavy atom. The van der Waals surface area contributed by atoms with E-state index >= 15 is 0 Å². The monoisotopic (exact) mass is 406 g/mol. The Bertz CT molecular complexity index is 690. The van der Waals surface area contributed by atoms with Gasteiger partial charge in [0.2, 0.25) is 0 Å². The number of pyridine rings is 1. The molecule has 8 heteroatoms. The van der Waals surface area contributed by atoms with Gasteiger partial charge in [-0.15, -0.1) is 0 Å². The molecular formula is C21H34N4O4. The molecule has 0 saturated heterocycles. The van der Waals surface area contributed by atoms with Gasteiger partial charge in [-0.3, -0.25) is 5.43 Å².